The Hall–Kier alpha value is -1.86. The summed E-state index contributed by atoms with van der Waals surface area (Å²) in [6.07, 6.45) is 0.721. The Morgan fingerprint density at radius 1 is 1.19 bits per heavy atom. The van der Waals surface area contributed by atoms with Crippen molar-refractivity contribution in [3.05, 3.63) is 35.9 Å². The Morgan fingerprint density at radius 3 is 2.38 bits per heavy atom. The zero-order valence-electron chi connectivity index (χ0n) is 15.8. The van der Waals surface area contributed by atoms with Crippen LogP contribution in [0.15, 0.2) is 30.3 Å². The Morgan fingerprint density at radius 2 is 1.85 bits per heavy atom. The van der Waals surface area contributed by atoms with Gasteiger partial charge in [0.25, 0.3) is 5.91 Å². The number of thioether (sulfide) groups is 1. The summed E-state index contributed by atoms with van der Waals surface area (Å²) in [7, 11) is 0. The number of amides is 2. The lowest BCUT2D eigenvalue weighted by atomic mass is 10.1. The minimum absolute atomic E-state index is 0.0628. The molecule has 1 unspecified atom stereocenters. The fourth-order valence-corrected chi connectivity index (χ4v) is 2.93. The van der Waals surface area contributed by atoms with Gasteiger partial charge >= 0.3 is 0 Å². The lowest BCUT2D eigenvalue weighted by Crippen LogP contribution is -2.57. The number of carbonyl (C=O) groups is 3. The monoisotopic (exact) mass is 380 g/mol. The maximum atomic E-state index is 12.3. The summed E-state index contributed by atoms with van der Waals surface area (Å²) < 4.78 is 5.34. The molecule has 1 aromatic carbocycles. The van der Waals surface area contributed by atoms with Gasteiger partial charge in [-0.05, 0) is 19.1 Å². The minimum Gasteiger partial charge on any atom is -0.379 e. The van der Waals surface area contributed by atoms with Crippen molar-refractivity contribution in [2.75, 3.05) is 25.5 Å². The molecular formula is C19H28N2O4S. The van der Waals surface area contributed by atoms with Gasteiger partial charge in [0.05, 0.1) is 13.2 Å². The first-order valence-electron chi connectivity index (χ1n) is 8.53. The molecule has 0 bridgehead atoms. The second-order valence-corrected chi connectivity index (χ2v) is 8.71. The number of rotatable bonds is 10. The number of hydrogen-bond acceptors (Lipinski definition) is 5. The van der Waals surface area contributed by atoms with Crippen LogP contribution in [0.25, 0.3) is 0 Å². The first-order valence-corrected chi connectivity index (χ1v) is 9.52. The number of hydrogen-bond donors (Lipinski definition) is 2. The van der Waals surface area contributed by atoms with Crippen molar-refractivity contribution in [3.63, 3.8) is 0 Å². The molecule has 0 saturated carbocycles. The normalized spacial score (nSPS) is 13.5. The fourth-order valence-electron chi connectivity index (χ4n) is 2.01. The number of ether oxygens (including phenoxy) is 1. The Balaban J connectivity index is 2.68. The van der Waals surface area contributed by atoms with Crippen LogP contribution in [0, 0.1) is 0 Å². The maximum Gasteiger partial charge on any atom is 0.251 e. The van der Waals surface area contributed by atoms with E-state index in [0.717, 1.165) is 6.29 Å². The summed E-state index contributed by atoms with van der Waals surface area (Å²) in [5, 5.41) is 5.29. The summed E-state index contributed by atoms with van der Waals surface area (Å²) in [5.41, 5.74) is -0.651. The summed E-state index contributed by atoms with van der Waals surface area (Å²) in [5.74, 6) is -0.389. The van der Waals surface area contributed by atoms with Gasteiger partial charge in [-0.2, -0.15) is 11.8 Å². The molecule has 2 amide bonds. The van der Waals surface area contributed by atoms with E-state index in [1.54, 1.807) is 36.0 Å². The molecule has 0 fully saturated rings. The van der Waals surface area contributed by atoms with Crippen LogP contribution in [-0.4, -0.2) is 53.9 Å². The minimum atomic E-state index is -1.12. The van der Waals surface area contributed by atoms with E-state index >= 15 is 0 Å². The van der Waals surface area contributed by atoms with E-state index in [9.17, 15) is 14.4 Å². The van der Waals surface area contributed by atoms with Crippen molar-refractivity contribution in [2.45, 2.75) is 38.0 Å². The maximum absolute atomic E-state index is 12.3. The smallest absolute Gasteiger partial charge is 0.251 e. The second kappa shape index (κ2) is 10.3. The van der Waals surface area contributed by atoms with Crippen molar-refractivity contribution in [1.29, 1.82) is 0 Å². The first kappa shape index (κ1) is 22.2. The van der Waals surface area contributed by atoms with Crippen molar-refractivity contribution in [1.82, 2.24) is 10.6 Å². The van der Waals surface area contributed by atoms with Crippen LogP contribution in [0.3, 0.4) is 0 Å². The third-order valence-electron chi connectivity index (χ3n) is 3.39. The van der Waals surface area contributed by atoms with Crippen LogP contribution >= 0.6 is 11.8 Å². The number of nitrogens with one attached hydrogen (secondary N) is 2. The molecule has 0 aliphatic heterocycles. The summed E-state index contributed by atoms with van der Waals surface area (Å²) in [6.45, 7) is 8.26. The van der Waals surface area contributed by atoms with Gasteiger partial charge in [0.2, 0.25) is 5.91 Å². The highest BCUT2D eigenvalue weighted by atomic mass is 32.2. The van der Waals surface area contributed by atoms with Gasteiger partial charge in [0.1, 0.15) is 11.8 Å². The molecule has 0 aromatic heterocycles. The largest absolute Gasteiger partial charge is 0.379 e. The van der Waals surface area contributed by atoms with Crippen LogP contribution in [0.4, 0.5) is 0 Å². The standard InChI is InChI=1S/C19H28N2O4S/c1-5-25-13-19(12-22,14-26-18(2,3)4)21-16(23)11-20-17(24)15-9-7-6-8-10-15/h6-10,12H,5,11,13-14H2,1-4H3,(H,20,24)(H,21,23). The van der Waals surface area contributed by atoms with Crippen LogP contribution in [0.1, 0.15) is 38.1 Å². The van der Waals surface area contributed by atoms with Crippen molar-refractivity contribution in [3.8, 4) is 0 Å². The van der Waals surface area contributed by atoms with Gasteiger partial charge in [-0.1, -0.05) is 39.0 Å². The first-order chi connectivity index (χ1) is 12.2. The molecule has 0 aliphatic carbocycles. The molecule has 1 rings (SSSR count). The van der Waals surface area contributed by atoms with E-state index in [0.29, 0.717) is 17.9 Å². The van der Waals surface area contributed by atoms with Gasteiger partial charge in [-0.25, -0.2) is 0 Å². The quantitative estimate of drug-likeness (QED) is 0.607. The van der Waals surface area contributed by atoms with Crippen molar-refractivity contribution < 1.29 is 19.1 Å². The molecule has 1 aromatic rings. The number of aldehydes is 1. The van der Waals surface area contributed by atoms with Crippen LogP contribution < -0.4 is 10.6 Å². The summed E-state index contributed by atoms with van der Waals surface area (Å²) in [6, 6.07) is 8.63. The van der Waals surface area contributed by atoms with E-state index < -0.39 is 11.4 Å². The van der Waals surface area contributed by atoms with E-state index in [4.69, 9.17) is 4.74 Å². The Labute approximate surface area is 159 Å². The molecule has 6 nitrogen and oxygen atoms in total. The highest BCUT2D eigenvalue weighted by Crippen LogP contribution is 2.26. The zero-order valence-corrected chi connectivity index (χ0v) is 16.7. The van der Waals surface area contributed by atoms with Crippen molar-refractivity contribution >= 4 is 29.9 Å². The Bertz CT molecular complexity index is 601. The molecule has 0 heterocycles. The fraction of sp³-hybridized carbons (Fsp3) is 0.526. The van der Waals surface area contributed by atoms with Crippen molar-refractivity contribution in [2.24, 2.45) is 0 Å². The lowest BCUT2D eigenvalue weighted by molar-refractivity contribution is -0.127. The van der Waals surface area contributed by atoms with Crippen LogP contribution in [0.5, 0.6) is 0 Å². The van der Waals surface area contributed by atoms with E-state index in [2.05, 4.69) is 10.6 Å². The molecule has 1 atom stereocenters. The topological polar surface area (TPSA) is 84.5 Å². The molecule has 26 heavy (non-hydrogen) atoms. The van der Waals surface area contributed by atoms with Gasteiger partial charge in [0, 0.05) is 22.7 Å². The van der Waals surface area contributed by atoms with E-state index in [1.807, 2.05) is 33.8 Å². The highest BCUT2D eigenvalue weighted by molar-refractivity contribution is 8.00. The third kappa shape index (κ3) is 8.01. The number of carbonyl (C=O) groups excluding carboxylic acids is 3. The third-order valence-corrected chi connectivity index (χ3v) is 4.91. The zero-order chi connectivity index (χ0) is 19.6. The van der Waals surface area contributed by atoms with E-state index in [1.165, 1.54) is 0 Å². The average molecular weight is 381 g/mol. The Kier molecular flexibility index (Phi) is 8.81. The molecule has 0 saturated heterocycles. The molecule has 7 heteroatoms. The van der Waals surface area contributed by atoms with Gasteiger partial charge in [0.15, 0.2) is 0 Å². The average Bonchev–Trinajstić information content (AvgIpc) is 2.62. The number of benzene rings is 1. The lowest BCUT2D eigenvalue weighted by Gasteiger charge is -2.31. The predicted molar refractivity (Wildman–Crippen MR) is 104 cm³/mol. The van der Waals surface area contributed by atoms with E-state index in [-0.39, 0.29) is 23.8 Å². The summed E-state index contributed by atoms with van der Waals surface area (Å²) >= 11 is 1.57. The second-order valence-electron chi connectivity index (χ2n) is 6.91. The van der Waals surface area contributed by atoms with Gasteiger partial charge in [-0.15, -0.1) is 0 Å². The molecular weight excluding hydrogens is 352 g/mol. The van der Waals surface area contributed by atoms with Gasteiger partial charge in [-0.3, -0.25) is 9.59 Å². The molecule has 0 aliphatic rings. The van der Waals surface area contributed by atoms with Crippen LogP contribution in [-0.2, 0) is 14.3 Å². The summed E-state index contributed by atoms with van der Waals surface area (Å²) in [4.78, 5) is 36.1. The predicted octanol–water partition coefficient (Wildman–Crippen LogP) is 2.04. The molecule has 144 valence electrons. The molecule has 0 radical (unpaired) electrons. The van der Waals surface area contributed by atoms with Gasteiger partial charge < -0.3 is 20.2 Å². The highest BCUT2D eigenvalue weighted by Gasteiger charge is 2.34. The van der Waals surface area contributed by atoms with Crippen LogP contribution in [0.2, 0.25) is 0 Å². The molecule has 0 spiro atoms. The SMILES string of the molecule is CCOCC(C=O)(CSC(C)(C)C)NC(=O)CNC(=O)c1ccccc1. The molecule has 2 N–H and O–H groups in total.